The lowest BCUT2D eigenvalue weighted by atomic mass is 10.0. The quantitative estimate of drug-likeness (QED) is 0.635. The molecule has 1 saturated heterocycles. The molecule has 0 radical (unpaired) electrons. The lowest BCUT2D eigenvalue weighted by Gasteiger charge is -2.15. The summed E-state index contributed by atoms with van der Waals surface area (Å²) in [4.78, 5) is 24.0. The van der Waals surface area contributed by atoms with Crippen LogP contribution in [0.25, 0.3) is 11.1 Å². The number of hydrogen-bond acceptors (Lipinski definition) is 4. The van der Waals surface area contributed by atoms with E-state index in [4.69, 9.17) is 0 Å². The Hall–Kier alpha value is -3.21. The summed E-state index contributed by atoms with van der Waals surface area (Å²) in [5, 5.41) is 3.11. The van der Waals surface area contributed by atoms with Crippen molar-refractivity contribution in [1.29, 1.82) is 0 Å². The standard InChI is InChI=1S/C25H28N4O/c1-19(12-13-20-8-3-2-4-9-20)28-24(30)22-11-7-10-21(16-22)23-17-26-25(27-18-23)29-14-5-6-15-29/h2-4,7-11,16-19H,5-6,12-15H2,1H3,(H,28,30). The minimum Gasteiger partial charge on any atom is -0.350 e. The molecule has 2 aromatic carbocycles. The van der Waals surface area contributed by atoms with E-state index in [9.17, 15) is 4.79 Å². The zero-order chi connectivity index (χ0) is 20.8. The van der Waals surface area contributed by atoms with Crippen molar-refractivity contribution in [2.45, 2.75) is 38.6 Å². The summed E-state index contributed by atoms with van der Waals surface area (Å²) in [5.74, 6) is 0.740. The van der Waals surface area contributed by atoms with Gasteiger partial charge in [-0.3, -0.25) is 4.79 Å². The monoisotopic (exact) mass is 400 g/mol. The van der Waals surface area contributed by atoms with Gasteiger partial charge in [0.1, 0.15) is 0 Å². The molecule has 1 aromatic heterocycles. The zero-order valence-corrected chi connectivity index (χ0v) is 17.4. The molecule has 0 bridgehead atoms. The van der Waals surface area contributed by atoms with Gasteiger partial charge in [-0.05, 0) is 55.9 Å². The third-order valence-corrected chi connectivity index (χ3v) is 5.57. The number of aromatic nitrogens is 2. The molecule has 1 atom stereocenters. The lowest BCUT2D eigenvalue weighted by Crippen LogP contribution is -2.32. The largest absolute Gasteiger partial charge is 0.350 e. The number of nitrogens with one attached hydrogen (secondary N) is 1. The molecular formula is C25H28N4O. The van der Waals surface area contributed by atoms with Gasteiger partial charge in [0, 0.05) is 42.7 Å². The highest BCUT2D eigenvalue weighted by molar-refractivity contribution is 5.95. The maximum atomic E-state index is 12.7. The maximum absolute atomic E-state index is 12.7. The second kappa shape index (κ2) is 9.53. The Balaban J connectivity index is 1.38. The Kier molecular flexibility index (Phi) is 6.38. The molecule has 1 aliphatic rings. The van der Waals surface area contributed by atoms with Crippen LogP contribution >= 0.6 is 0 Å². The number of carbonyl (C=O) groups excluding carboxylic acids is 1. The first-order valence-electron chi connectivity index (χ1n) is 10.7. The maximum Gasteiger partial charge on any atom is 0.251 e. The van der Waals surface area contributed by atoms with Gasteiger partial charge in [-0.25, -0.2) is 9.97 Å². The van der Waals surface area contributed by atoms with E-state index in [-0.39, 0.29) is 11.9 Å². The summed E-state index contributed by atoms with van der Waals surface area (Å²) in [6.45, 7) is 4.10. The van der Waals surface area contributed by atoms with Crippen molar-refractivity contribution in [3.05, 3.63) is 78.1 Å². The minimum atomic E-state index is -0.0491. The van der Waals surface area contributed by atoms with Crippen LogP contribution < -0.4 is 10.2 Å². The van der Waals surface area contributed by atoms with Crippen molar-refractivity contribution in [2.75, 3.05) is 18.0 Å². The first kappa shape index (κ1) is 20.1. The highest BCUT2D eigenvalue weighted by atomic mass is 16.1. The fraction of sp³-hybridized carbons (Fsp3) is 0.320. The summed E-state index contributed by atoms with van der Waals surface area (Å²) in [7, 11) is 0. The van der Waals surface area contributed by atoms with Crippen LogP contribution in [0.5, 0.6) is 0 Å². The van der Waals surface area contributed by atoms with E-state index >= 15 is 0 Å². The van der Waals surface area contributed by atoms with Gasteiger partial charge in [-0.15, -0.1) is 0 Å². The van der Waals surface area contributed by atoms with Crippen molar-refractivity contribution in [2.24, 2.45) is 0 Å². The molecule has 2 heterocycles. The van der Waals surface area contributed by atoms with Crippen molar-refractivity contribution in [1.82, 2.24) is 15.3 Å². The van der Waals surface area contributed by atoms with Gasteiger partial charge in [-0.1, -0.05) is 42.5 Å². The van der Waals surface area contributed by atoms with Gasteiger partial charge in [0.15, 0.2) is 0 Å². The Morgan fingerprint density at radius 3 is 2.47 bits per heavy atom. The molecule has 30 heavy (non-hydrogen) atoms. The average molecular weight is 401 g/mol. The van der Waals surface area contributed by atoms with Gasteiger partial charge in [-0.2, -0.15) is 0 Å². The van der Waals surface area contributed by atoms with Gasteiger partial charge in [0.05, 0.1) is 0 Å². The molecule has 5 nitrogen and oxygen atoms in total. The molecule has 1 unspecified atom stereocenters. The topological polar surface area (TPSA) is 58.1 Å². The molecule has 4 rings (SSSR count). The third-order valence-electron chi connectivity index (χ3n) is 5.57. The predicted octanol–water partition coefficient (Wildman–Crippen LogP) is 4.49. The smallest absolute Gasteiger partial charge is 0.251 e. The van der Waals surface area contributed by atoms with Crippen LogP contribution in [0.2, 0.25) is 0 Å². The number of carbonyl (C=O) groups is 1. The Morgan fingerprint density at radius 2 is 1.73 bits per heavy atom. The highest BCUT2D eigenvalue weighted by Crippen LogP contribution is 2.22. The van der Waals surface area contributed by atoms with Crippen LogP contribution in [0.3, 0.4) is 0 Å². The molecule has 0 aliphatic carbocycles. The third kappa shape index (κ3) is 5.03. The van der Waals surface area contributed by atoms with Crippen molar-refractivity contribution in [3.63, 3.8) is 0 Å². The van der Waals surface area contributed by atoms with Crippen LogP contribution in [0.4, 0.5) is 5.95 Å². The molecule has 0 spiro atoms. The number of hydrogen-bond donors (Lipinski definition) is 1. The summed E-state index contributed by atoms with van der Waals surface area (Å²) >= 11 is 0. The summed E-state index contributed by atoms with van der Waals surface area (Å²) in [6, 6.07) is 18.1. The van der Waals surface area contributed by atoms with Crippen molar-refractivity contribution >= 4 is 11.9 Å². The first-order chi connectivity index (χ1) is 14.7. The van der Waals surface area contributed by atoms with Gasteiger partial charge < -0.3 is 10.2 Å². The van der Waals surface area contributed by atoms with Gasteiger partial charge in [0.25, 0.3) is 5.91 Å². The fourth-order valence-electron chi connectivity index (χ4n) is 3.80. The van der Waals surface area contributed by atoms with Crippen LogP contribution in [0.15, 0.2) is 67.0 Å². The van der Waals surface area contributed by atoms with E-state index in [1.165, 1.54) is 18.4 Å². The number of rotatable bonds is 7. The Bertz CT molecular complexity index is 966. The number of amides is 1. The predicted molar refractivity (Wildman–Crippen MR) is 121 cm³/mol. The first-order valence-corrected chi connectivity index (χ1v) is 10.7. The molecule has 1 amide bonds. The minimum absolute atomic E-state index is 0.0491. The fourth-order valence-corrected chi connectivity index (χ4v) is 3.80. The molecule has 1 fully saturated rings. The second-order valence-corrected chi connectivity index (χ2v) is 7.95. The van der Waals surface area contributed by atoms with E-state index in [0.717, 1.165) is 43.0 Å². The molecule has 1 N–H and O–H groups in total. The van der Waals surface area contributed by atoms with Crippen LogP contribution in [0, 0.1) is 0 Å². The number of aryl methyl sites for hydroxylation is 1. The Morgan fingerprint density at radius 1 is 1.00 bits per heavy atom. The molecular weight excluding hydrogens is 372 g/mol. The van der Waals surface area contributed by atoms with Crippen molar-refractivity contribution in [3.8, 4) is 11.1 Å². The molecule has 0 saturated carbocycles. The van der Waals surface area contributed by atoms with E-state index in [1.54, 1.807) is 0 Å². The van der Waals surface area contributed by atoms with Gasteiger partial charge >= 0.3 is 0 Å². The van der Waals surface area contributed by atoms with Crippen LogP contribution in [-0.2, 0) is 6.42 Å². The summed E-state index contributed by atoms with van der Waals surface area (Å²) < 4.78 is 0. The van der Waals surface area contributed by atoms with E-state index in [0.29, 0.717) is 5.56 Å². The van der Waals surface area contributed by atoms with Crippen molar-refractivity contribution < 1.29 is 4.79 Å². The molecule has 1 aliphatic heterocycles. The number of benzene rings is 2. The second-order valence-electron chi connectivity index (χ2n) is 7.95. The highest BCUT2D eigenvalue weighted by Gasteiger charge is 2.15. The summed E-state index contributed by atoms with van der Waals surface area (Å²) in [5.41, 5.74) is 3.82. The Labute approximate surface area is 178 Å². The van der Waals surface area contributed by atoms with Crippen LogP contribution in [0.1, 0.15) is 42.1 Å². The normalized spacial score (nSPS) is 14.5. The molecule has 5 heteroatoms. The summed E-state index contributed by atoms with van der Waals surface area (Å²) in [6.07, 6.45) is 7.95. The van der Waals surface area contributed by atoms with Crippen LogP contribution in [-0.4, -0.2) is 35.0 Å². The number of nitrogens with zero attached hydrogens (tertiary/aromatic N) is 3. The van der Waals surface area contributed by atoms with Gasteiger partial charge in [0.2, 0.25) is 5.95 Å². The zero-order valence-electron chi connectivity index (χ0n) is 17.4. The SMILES string of the molecule is CC(CCc1ccccc1)NC(=O)c1cccc(-c2cnc(N3CCCC3)nc2)c1. The van der Waals surface area contributed by atoms with E-state index in [1.807, 2.05) is 54.9 Å². The van der Waals surface area contributed by atoms with E-state index in [2.05, 4.69) is 39.2 Å². The van der Waals surface area contributed by atoms with E-state index < -0.39 is 0 Å². The number of anilines is 1. The molecule has 3 aromatic rings. The average Bonchev–Trinajstić information content (AvgIpc) is 3.34. The molecule has 154 valence electrons. The lowest BCUT2D eigenvalue weighted by molar-refractivity contribution is 0.0938.